The molecule has 2 rings (SSSR count). The van der Waals surface area contributed by atoms with E-state index in [4.69, 9.17) is 4.74 Å². The first-order chi connectivity index (χ1) is 14.0. The molecular formula is C22H29F2N3O2. The van der Waals surface area contributed by atoms with E-state index >= 15 is 0 Å². The third kappa shape index (κ3) is 8.07. The molecule has 5 nitrogen and oxygen atoms in total. The Bertz CT molecular complexity index is 767. The van der Waals surface area contributed by atoms with Crippen molar-refractivity contribution in [1.29, 1.82) is 0 Å². The van der Waals surface area contributed by atoms with E-state index in [-0.39, 0.29) is 12.6 Å². The zero-order valence-corrected chi connectivity index (χ0v) is 17.0. The van der Waals surface area contributed by atoms with E-state index in [0.29, 0.717) is 12.3 Å². The van der Waals surface area contributed by atoms with Gasteiger partial charge in [-0.25, -0.2) is 13.6 Å². The highest BCUT2D eigenvalue weighted by Crippen LogP contribution is 2.14. The van der Waals surface area contributed by atoms with E-state index in [2.05, 4.69) is 35.4 Å². The molecule has 158 valence electrons. The molecule has 0 unspecified atom stereocenters. The molecule has 0 atom stereocenters. The summed E-state index contributed by atoms with van der Waals surface area (Å²) in [6.45, 7) is 7.11. The lowest BCUT2D eigenvalue weighted by molar-refractivity contribution is 0.0818. The van der Waals surface area contributed by atoms with Gasteiger partial charge in [0, 0.05) is 19.6 Å². The first kappa shape index (κ1) is 22.6. The predicted octanol–water partition coefficient (Wildman–Crippen LogP) is 4.17. The largest absolute Gasteiger partial charge is 0.488 e. The zero-order chi connectivity index (χ0) is 21.1. The molecule has 0 aliphatic heterocycles. The van der Waals surface area contributed by atoms with E-state index in [0.717, 1.165) is 30.8 Å². The van der Waals surface area contributed by atoms with Crippen molar-refractivity contribution in [3.8, 4) is 5.75 Å². The summed E-state index contributed by atoms with van der Waals surface area (Å²) >= 11 is 0. The molecule has 7 heteroatoms. The van der Waals surface area contributed by atoms with E-state index in [1.165, 1.54) is 5.56 Å². The minimum Gasteiger partial charge on any atom is -0.488 e. The Labute approximate surface area is 171 Å². The average molecular weight is 405 g/mol. The summed E-state index contributed by atoms with van der Waals surface area (Å²) in [5.74, 6) is 0.357. The third-order valence-corrected chi connectivity index (χ3v) is 4.57. The Morgan fingerprint density at radius 1 is 1.00 bits per heavy atom. The maximum Gasteiger partial charge on any atom is 0.315 e. The monoisotopic (exact) mass is 405 g/mol. The lowest BCUT2D eigenvalue weighted by Crippen LogP contribution is -2.35. The van der Waals surface area contributed by atoms with Crippen LogP contribution in [-0.2, 0) is 19.6 Å². The number of carbonyl (C=O) groups excluding carboxylic acids is 1. The second-order valence-corrected chi connectivity index (χ2v) is 6.62. The standard InChI is InChI=1S/C22H29F2N3O2/c1-3-27(4-2)15-19-10-6-5-9-18(19)14-26-22(28)25-13-17-8-7-11-20(12-17)29-16-21(23)24/h5-12,21H,3-4,13-16H2,1-2H3,(H2,25,26,28). The summed E-state index contributed by atoms with van der Waals surface area (Å²) in [4.78, 5) is 14.5. The van der Waals surface area contributed by atoms with Crippen molar-refractivity contribution in [2.45, 2.75) is 39.9 Å². The maximum absolute atomic E-state index is 12.2. The van der Waals surface area contributed by atoms with E-state index < -0.39 is 13.0 Å². The van der Waals surface area contributed by atoms with Crippen LogP contribution in [0.1, 0.15) is 30.5 Å². The van der Waals surface area contributed by atoms with Gasteiger partial charge in [0.05, 0.1) is 0 Å². The zero-order valence-electron chi connectivity index (χ0n) is 17.0. The van der Waals surface area contributed by atoms with Crippen LogP contribution in [0.25, 0.3) is 0 Å². The lowest BCUT2D eigenvalue weighted by atomic mass is 10.1. The number of hydrogen-bond donors (Lipinski definition) is 2. The number of halogens is 2. The normalized spacial score (nSPS) is 11.0. The Kier molecular flexibility index (Phi) is 9.37. The van der Waals surface area contributed by atoms with Crippen LogP contribution in [0.2, 0.25) is 0 Å². The van der Waals surface area contributed by atoms with Gasteiger partial charge in [-0.15, -0.1) is 0 Å². The average Bonchev–Trinajstić information content (AvgIpc) is 2.74. The minimum absolute atomic E-state index is 0.277. The number of amides is 2. The van der Waals surface area contributed by atoms with Crippen LogP contribution in [0.5, 0.6) is 5.75 Å². The molecule has 0 aliphatic carbocycles. The molecule has 2 aromatic carbocycles. The van der Waals surface area contributed by atoms with Crippen molar-refractivity contribution >= 4 is 6.03 Å². The van der Waals surface area contributed by atoms with Gasteiger partial charge in [0.25, 0.3) is 6.43 Å². The SMILES string of the molecule is CCN(CC)Cc1ccccc1CNC(=O)NCc1cccc(OCC(F)F)c1. The first-order valence-corrected chi connectivity index (χ1v) is 9.82. The molecule has 2 N–H and O–H groups in total. The van der Waals surface area contributed by atoms with Gasteiger partial charge in [-0.05, 0) is 41.9 Å². The predicted molar refractivity (Wildman–Crippen MR) is 110 cm³/mol. The van der Waals surface area contributed by atoms with Crippen molar-refractivity contribution in [1.82, 2.24) is 15.5 Å². The summed E-state index contributed by atoms with van der Waals surface area (Å²) in [5.41, 5.74) is 3.05. The molecule has 0 spiro atoms. The van der Waals surface area contributed by atoms with Crippen LogP contribution in [0.3, 0.4) is 0 Å². The smallest absolute Gasteiger partial charge is 0.315 e. The molecule has 0 saturated carbocycles. The van der Waals surface area contributed by atoms with Gasteiger partial charge in [0.2, 0.25) is 0 Å². The Morgan fingerprint density at radius 2 is 1.69 bits per heavy atom. The number of ether oxygens (including phenoxy) is 1. The highest BCUT2D eigenvalue weighted by atomic mass is 19.3. The Balaban J connectivity index is 1.84. The molecule has 0 aliphatic rings. The minimum atomic E-state index is -2.52. The summed E-state index contributed by atoms with van der Waals surface area (Å²) in [6, 6.07) is 14.5. The fourth-order valence-electron chi connectivity index (χ4n) is 2.90. The van der Waals surface area contributed by atoms with Gasteiger partial charge < -0.3 is 15.4 Å². The summed E-state index contributed by atoms with van der Waals surface area (Å²) in [7, 11) is 0. The number of benzene rings is 2. The molecule has 0 aromatic heterocycles. The van der Waals surface area contributed by atoms with Crippen LogP contribution in [0.4, 0.5) is 13.6 Å². The van der Waals surface area contributed by atoms with Gasteiger partial charge in [-0.1, -0.05) is 50.2 Å². The molecule has 29 heavy (non-hydrogen) atoms. The second-order valence-electron chi connectivity index (χ2n) is 6.62. The van der Waals surface area contributed by atoms with Crippen molar-refractivity contribution in [2.24, 2.45) is 0 Å². The summed E-state index contributed by atoms with van der Waals surface area (Å²) < 4.78 is 29.5. The highest BCUT2D eigenvalue weighted by Gasteiger charge is 2.08. The Morgan fingerprint density at radius 3 is 2.38 bits per heavy atom. The van der Waals surface area contributed by atoms with Crippen LogP contribution in [-0.4, -0.2) is 37.1 Å². The van der Waals surface area contributed by atoms with Crippen LogP contribution in [0.15, 0.2) is 48.5 Å². The van der Waals surface area contributed by atoms with Crippen LogP contribution in [0, 0.1) is 0 Å². The van der Waals surface area contributed by atoms with Gasteiger partial charge in [-0.3, -0.25) is 4.90 Å². The van der Waals surface area contributed by atoms with Crippen LogP contribution < -0.4 is 15.4 Å². The summed E-state index contributed by atoms with van der Waals surface area (Å²) in [5, 5.41) is 5.65. The number of nitrogens with zero attached hydrogens (tertiary/aromatic N) is 1. The van der Waals surface area contributed by atoms with Crippen molar-refractivity contribution in [2.75, 3.05) is 19.7 Å². The molecule has 0 bridgehead atoms. The van der Waals surface area contributed by atoms with Crippen molar-refractivity contribution in [3.05, 3.63) is 65.2 Å². The van der Waals surface area contributed by atoms with Crippen molar-refractivity contribution < 1.29 is 18.3 Å². The number of nitrogens with one attached hydrogen (secondary N) is 2. The number of rotatable bonds is 11. The van der Waals surface area contributed by atoms with E-state index in [1.807, 2.05) is 18.2 Å². The maximum atomic E-state index is 12.2. The highest BCUT2D eigenvalue weighted by molar-refractivity contribution is 5.73. The van der Waals surface area contributed by atoms with Crippen LogP contribution >= 0.6 is 0 Å². The quantitative estimate of drug-likeness (QED) is 0.590. The van der Waals surface area contributed by atoms with Gasteiger partial charge in [-0.2, -0.15) is 0 Å². The first-order valence-electron chi connectivity index (χ1n) is 9.82. The number of carbonyl (C=O) groups is 1. The third-order valence-electron chi connectivity index (χ3n) is 4.57. The molecule has 2 aromatic rings. The van der Waals surface area contributed by atoms with Gasteiger partial charge >= 0.3 is 6.03 Å². The number of urea groups is 1. The van der Waals surface area contributed by atoms with E-state index in [9.17, 15) is 13.6 Å². The van der Waals surface area contributed by atoms with Gasteiger partial charge in [0.15, 0.2) is 0 Å². The number of hydrogen-bond acceptors (Lipinski definition) is 3. The molecule has 0 radical (unpaired) electrons. The fraction of sp³-hybridized carbons (Fsp3) is 0.409. The van der Waals surface area contributed by atoms with Gasteiger partial charge in [0.1, 0.15) is 12.4 Å². The molecular weight excluding hydrogens is 376 g/mol. The topological polar surface area (TPSA) is 53.6 Å². The lowest BCUT2D eigenvalue weighted by Gasteiger charge is -2.20. The Hall–Kier alpha value is -2.67. The second kappa shape index (κ2) is 12.0. The summed E-state index contributed by atoms with van der Waals surface area (Å²) in [6.07, 6.45) is -2.52. The molecule has 0 heterocycles. The molecule has 0 saturated heterocycles. The number of alkyl halides is 2. The molecule has 0 fully saturated rings. The molecule has 2 amide bonds. The fourth-order valence-corrected chi connectivity index (χ4v) is 2.90. The van der Waals surface area contributed by atoms with E-state index in [1.54, 1.807) is 24.3 Å². The van der Waals surface area contributed by atoms with Crippen molar-refractivity contribution in [3.63, 3.8) is 0 Å².